The first-order chi connectivity index (χ1) is 18.6. The topological polar surface area (TPSA) is 97.0 Å². The highest BCUT2D eigenvalue weighted by Gasteiger charge is 2.25. The van der Waals surface area contributed by atoms with E-state index in [-0.39, 0.29) is 28.6 Å². The second-order valence-electron chi connectivity index (χ2n) is 12.4. The molecule has 0 saturated carbocycles. The van der Waals surface area contributed by atoms with Gasteiger partial charge in [-0.2, -0.15) is 0 Å². The molecule has 1 fully saturated rings. The van der Waals surface area contributed by atoms with Crippen LogP contribution in [0.3, 0.4) is 0 Å². The second kappa shape index (κ2) is 12.8. The van der Waals surface area contributed by atoms with Crippen molar-refractivity contribution >= 4 is 23.5 Å². The third-order valence-corrected chi connectivity index (χ3v) is 6.37. The van der Waals surface area contributed by atoms with Crippen LogP contribution >= 0.6 is 0 Å². The molecule has 218 valence electrons. The maximum Gasteiger partial charge on any atom is 0.319 e. The number of halogens is 1. The summed E-state index contributed by atoms with van der Waals surface area (Å²) in [6.45, 7) is 13.2. The van der Waals surface area contributed by atoms with Crippen LogP contribution in [0.4, 0.5) is 14.9 Å². The van der Waals surface area contributed by atoms with Gasteiger partial charge in [0.1, 0.15) is 5.82 Å². The number of nitrogens with one attached hydrogen (secondary N) is 3. The Labute approximate surface area is 237 Å². The molecule has 0 radical (unpaired) electrons. The van der Waals surface area contributed by atoms with Crippen molar-refractivity contribution in [2.24, 2.45) is 0 Å². The van der Waals surface area contributed by atoms with E-state index in [0.29, 0.717) is 44.8 Å². The molecule has 0 spiro atoms. The Morgan fingerprint density at radius 2 is 1.57 bits per heavy atom. The van der Waals surface area contributed by atoms with Crippen LogP contribution in [-0.4, -0.2) is 90.4 Å². The number of likely N-dealkylation sites (N-methyl/N-ethyl adjacent to an activating group) is 1. The zero-order chi connectivity index (χ0) is 29.7. The molecule has 40 heavy (non-hydrogen) atoms. The van der Waals surface area contributed by atoms with Gasteiger partial charge >= 0.3 is 6.03 Å². The molecule has 9 nitrogen and oxygen atoms in total. The van der Waals surface area contributed by atoms with Gasteiger partial charge in [0.25, 0.3) is 11.8 Å². The summed E-state index contributed by atoms with van der Waals surface area (Å²) in [5.74, 6) is -1.02. The fraction of sp³-hybridized carbons (Fsp3) is 0.500. The van der Waals surface area contributed by atoms with Crippen LogP contribution in [0.25, 0.3) is 0 Å². The Morgan fingerprint density at radius 1 is 0.900 bits per heavy atom. The van der Waals surface area contributed by atoms with Gasteiger partial charge in [-0.3, -0.25) is 14.5 Å². The molecule has 0 bridgehead atoms. The van der Waals surface area contributed by atoms with E-state index in [9.17, 15) is 18.8 Å². The van der Waals surface area contributed by atoms with E-state index < -0.39 is 17.4 Å². The number of hydrogen-bond donors (Lipinski definition) is 3. The predicted octanol–water partition coefficient (Wildman–Crippen LogP) is 3.77. The van der Waals surface area contributed by atoms with E-state index in [1.54, 1.807) is 11.0 Å². The number of carbonyl (C=O) groups is 3. The standard InChI is InChI=1S/C30H43FN6O3/c1-29(2,3)33-26(38)22-10-8-9-21(17-22)19-36-13-15-37(16-14-36)27(39)23-11-12-25(24(31)18-23)32-28(40)34-30(4,5)20-35(6)7/h8-12,17-18H,13-16,19-20H2,1-7H3,(H,33,38)(H2,32,34,40). The van der Waals surface area contributed by atoms with Gasteiger partial charge < -0.3 is 25.8 Å². The molecule has 0 atom stereocenters. The van der Waals surface area contributed by atoms with Gasteiger partial charge in [-0.1, -0.05) is 12.1 Å². The van der Waals surface area contributed by atoms with Gasteiger partial charge in [0.2, 0.25) is 0 Å². The molecular weight excluding hydrogens is 511 g/mol. The Balaban J connectivity index is 1.53. The summed E-state index contributed by atoms with van der Waals surface area (Å²) in [6.07, 6.45) is 0. The minimum absolute atomic E-state index is 0.0120. The third-order valence-electron chi connectivity index (χ3n) is 6.37. The van der Waals surface area contributed by atoms with Crippen LogP contribution in [0.1, 0.15) is 60.9 Å². The number of benzene rings is 2. The minimum Gasteiger partial charge on any atom is -0.347 e. The lowest BCUT2D eigenvalue weighted by molar-refractivity contribution is 0.0627. The molecule has 0 aliphatic carbocycles. The van der Waals surface area contributed by atoms with Crippen molar-refractivity contribution in [1.29, 1.82) is 0 Å². The fourth-order valence-corrected chi connectivity index (χ4v) is 4.81. The first kappa shape index (κ1) is 31.0. The summed E-state index contributed by atoms with van der Waals surface area (Å²) in [7, 11) is 3.82. The molecule has 1 saturated heterocycles. The molecule has 10 heteroatoms. The molecule has 3 N–H and O–H groups in total. The normalized spacial score (nSPS) is 14.7. The molecule has 2 aromatic rings. The van der Waals surface area contributed by atoms with Crippen molar-refractivity contribution < 1.29 is 18.8 Å². The van der Waals surface area contributed by atoms with Crippen LogP contribution in [0.2, 0.25) is 0 Å². The minimum atomic E-state index is -0.666. The van der Waals surface area contributed by atoms with E-state index >= 15 is 0 Å². The van der Waals surface area contributed by atoms with E-state index in [0.717, 1.165) is 5.56 Å². The van der Waals surface area contributed by atoms with Crippen LogP contribution in [0, 0.1) is 5.82 Å². The van der Waals surface area contributed by atoms with Crippen molar-refractivity contribution in [1.82, 2.24) is 25.3 Å². The van der Waals surface area contributed by atoms with Gasteiger partial charge in [-0.15, -0.1) is 0 Å². The van der Waals surface area contributed by atoms with Crippen LogP contribution in [-0.2, 0) is 6.54 Å². The van der Waals surface area contributed by atoms with E-state index in [1.807, 2.05) is 71.8 Å². The van der Waals surface area contributed by atoms with Gasteiger partial charge in [0.15, 0.2) is 0 Å². The molecular formula is C30H43FN6O3. The molecule has 0 unspecified atom stereocenters. The lowest BCUT2D eigenvalue weighted by Crippen LogP contribution is -2.51. The molecule has 4 amide bonds. The van der Waals surface area contributed by atoms with Crippen molar-refractivity contribution in [2.75, 3.05) is 52.1 Å². The average Bonchev–Trinajstić information content (AvgIpc) is 2.83. The van der Waals surface area contributed by atoms with Crippen LogP contribution in [0.15, 0.2) is 42.5 Å². The quantitative estimate of drug-likeness (QED) is 0.462. The van der Waals surface area contributed by atoms with Crippen molar-refractivity contribution in [3.63, 3.8) is 0 Å². The summed E-state index contributed by atoms with van der Waals surface area (Å²) in [5.41, 5.74) is 1.08. The Hall–Kier alpha value is -3.50. The number of carbonyl (C=O) groups excluding carboxylic acids is 3. The van der Waals surface area contributed by atoms with Crippen LogP contribution in [0.5, 0.6) is 0 Å². The number of hydrogen-bond acceptors (Lipinski definition) is 5. The van der Waals surface area contributed by atoms with Gasteiger partial charge in [0, 0.05) is 61.5 Å². The summed E-state index contributed by atoms with van der Waals surface area (Å²) >= 11 is 0. The third kappa shape index (κ3) is 9.31. The largest absolute Gasteiger partial charge is 0.347 e. The number of urea groups is 1. The van der Waals surface area contributed by atoms with Gasteiger partial charge in [-0.25, -0.2) is 9.18 Å². The number of anilines is 1. The Bertz CT molecular complexity index is 1220. The molecule has 1 heterocycles. The summed E-state index contributed by atoms with van der Waals surface area (Å²) < 4.78 is 14.8. The zero-order valence-electron chi connectivity index (χ0n) is 24.7. The number of amides is 4. The van der Waals surface area contributed by atoms with Crippen molar-refractivity contribution in [3.05, 3.63) is 65.0 Å². The first-order valence-corrected chi connectivity index (χ1v) is 13.6. The molecule has 2 aromatic carbocycles. The van der Waals surface area contributed by atoms with E-state index in [2.05, 4.69) is 20.9 Å². The van der Waals surface area contributed by atoms with E-state index in [1.165, 1.54) is 18.2 Å². The monoisotopic (exact) mass is 554 g/mol. The van der Waals surface area contributed by atoms with Gasteiger partial charge in [0.05, 0.1) is 5.69 Å². The van der Waals surface area contributed by atoms with Crippen molar-refractivity contribution in [3.8, 4) is 0 Å². The summed E-state index contributed by atoms with van der Waals surface area (Å²) in [6, 6.07) is 11.2. The smallest absolute Gasteiger partial charge is 0.319 e. The van der Waals surface area contributed by atoms with Crippen molar-refractivity contribution in [2.45, 2.75) is 52.2 Å². The Morgan fingerprint density at radius 3 is 2.17 bits per heavy atom. The highest BCUT2D eigenvalue weighted by Crippen LogP contribution is 2.19. The highest BCUT2D eigenvalue weighted by atomic mass is 19.1. The highest BCUT2D eigenvalue weighted by molar-refractivity contribution is 5.96. The zero-order valence-corrected chi connectivity index (χ0v) is 24.7. The SMILES string of the molecule is CN(C)CC(C)(C)NC(=O)Nc1ccc(C(=O)N2CCN(Cc3cccc(C(=O)NC(C)(C)C)c3)CC2)cc1F. The summed E-state index contributed by atoms with van der Waals surface area (Å²) in [5, 5.41) is 8.35. The lowest BCUT2D eigenvalue weighted by Gasteiger charge is -2.35. The molecule has 1 aliphatic heterocycles. The average molecular weight is 555 g/mol. The number of piperazine rings is 1. The maximum absolute atomic E-state index is 14.8. The first-order valence-electron chi connectivity index (χ1n) is 13.6. The fourth-order valence-electron chi connectivity index (χ4n) is 4.81. The molecule has 3 rings (SSSR count). The summed E-state index contributed by atoms with van der Waals surface area (Å²) in [4.78, 5) is 43.9. The molecule has 1 aliphatic rings. The number of nitrogens with zero attached hydrogens (tertiary/aromatic N) is 3. The predicted molar refractivity (Wildman–Crippen MR) is 156 cm³/mol. The second-order valence-corrected chi connectivity index (χ2v) is 12.4. The number of rotatable bonds is 8. The Kier molecular flexibility index (Phi) is 9.92. The molecule has 0 aromatic heterocycles. The maximum atomic E-state index is 14.8. The van der Waals surface area contributed by atoms with E-state index in [4.69, 9.17) is 0 Å². The van der Waals surface area contributed by atoms with Gasteiger partial charge in [-0.05, 0) is 84.6 Å². The van der Waals surface area contributed by atoms with Crippen LogP contribution < -0.4 is 16.0 Å². The lowest BCUT2D eigenvalue weighted by atomic mass is 10.1.